The van der Waals surface area contributed by atoms with Crippen LogP contribution in [0.25, 0.3) is 0 Å². The SMILES string of the molecule is COC(=O)CC(N)c1ccc(Br)nc1. The van der Waals surface area contributed by atoms with E-state index in [1.165, 1.54) is 7.11 Å². The molecule has 2 N–H and O–H groups in total. The summed E-state index contributed by atoms with van der Waals surface area (Å²) in [6, 6.07) is 3.25. The van der Waals surface area contributed by atoms with E-state index in [1.54, 1.807) is 12.3 Å². The van der Waals surface area contributed by atoms with Crippen LogP contribution in [0.5, 0.6) is 0 Å². The maximum absolute atomic E-state index is 10.9. The Bertz CT molecular complexity index is 313. The number of hydrogen-bond acceptors (Lipinski definition) is 4. The molecule has 0 aromatic carbocycles. The summed E-state index contributed by atoms with van der Waals surface area (Å²) in [6.07, 6.45) is 1.80. The molecule has 1 unspecified atom stereocenters. The lowest BCUT2D eigenvalue weighted by atomic mass is 10.1. The van der Waals surface area contributed by atoms with Gasteiger partial charge in [-0.15, -0.1) is 0 Å². The van der Waals surface area contributed by atoms with Crippen LogP contribution in [-0.4, -0.2) is 18.1 Å². The molecule has 76 valence electrons. The number of carbonyl (C=O) groups is 1. The highest BCUT2D eigenvalue weighted by atomic mass is 79.9. The molecule has 1 atom stereocenters. The highest BCUT2D eigenvalue weighted by Crippen LogP contribution is 2.15. The molecule has 0 saturated carbocycles. The minimum atomic E-state index is -0.358. The smallest absolute Gasteiger partial charge is 0.307 e. The van der Waals surface area contributed by atoms with Crippen molar-refractivity contribution in [2.24, 2.45) is 5.73 Å². The van der Waals surface area contributed by atoms with E-state index < -0.39 is 0 Å². The zero-order valence-corrected chi connectivity index (χ0v) is 9.32. The van der Waals surface area contributed by atoms with E-state index in [0.717, 1.165) is 10.2 Å². The van der Waals surface area contributed by atoms with Gasteiger partial charge >= 0.3 is 5.97 Å². The third-order valence-corrected chi connectivity index (χ3v) is 2.26. The number of hydrogen-bond donors (Lipinski definition) is 1. The van der Waals surface area contributed by atoms with Crippen molar-refractivity contribution in [2.75, 3.05) is 7.11 Å². The number of aromatic nitrogens is 1. The Hall–Kier alpha value is -0.940. The molecule has 5 heteroatoms. The second-order valence-corrected chi connectivity index (χ2v) is 3.61. The molecule has 1 aromatic rings. The molecule has 0 amide bonds. The van der Waals surface area contributed by atoms with Gasteiger partial charge in [0.15, 0.2) is 0 Å². The van der Waals surface area contributed by atoms with Gasteiger partial charge < -0.3 is 10.5 Å². The van der Waals surface area contributed by atoms with Crippen molar-refractivity contribution in [1.82, 2.24) is 4.98 Å². The molecule has 0 saturated heterocycles. The van der Waals surface area contributed by atoms with Gasteiger partial charge in [0.25, 0.3) is 0 Å². The summed E-state index contributed by atoms with van der Waals surface area (Å²) < 4.78 is 5.26. The molecule has 0 aliphatic carbocycles. The van der Waals surface area contributed by atoms with Crippen molar-refractivity contribution in [2.45, 2.75) is 12.5 Å². The van der Waals surface area contributed by atoms with Crippen LogP contribution in [-0.2, 0) is 9.53 Å². The molecular formula is C9H11BrN2O2. The lowest BCUT2D eigenvalue weighted by Crippen LogP contribution is -2.16. The fourth-order valence-electron chi connectivity index (χ4n) is 0.987. The first-order chi connectivity index (χ1) is 6.63. The van der Waals surface area contributed by atoms with E-state index in [-0.39, 0.29) is 18.4 Å². The zero-order valence-electron chi connectivity index (χ0n) is 7.74. The van der Waals surface area contributed by atoms with Crippen molar-refractivity contribution in [3.63, 3.8) is 0 Å². The number of ether oxygens (including phenoxy) is 1. The van der Waals surface area contributed by atoms with Gasteiger partial charge in [-0.05, 0) is 27.6 Å². The van der Waals surface area contributed by atoms with Gasteiger partial charge in [0.2, 0.25) is 0 Å². The van der Waals surface area contributed by atoms with Gasteiger partial charge in [-0.1, -0.05) is 6.07 Å². The zero-order chi connectivity index (χ0) is 10.6. The molecule has 0 fully saturated rings. The summed E-state index contributed by atoms with van der Waals surface area (Å²) in [5.41, 5.74) is 6.58. The summed E-state index contributed by atoms with van der Waals surface area (Å²) in [6.45, 7) is 0. The molecule has 0 radical (unpaired) electrons. The predicted octanol–water partition coefficient (Wildman–Crippen LogP) is 1.41. The molecule has 4 nitrogen and oxygen atoms in total. The minimum Gasteiger partial charge on any atom is -0.469 e. The van der Waals surface area contributed by atoms with Crippen LogP contribution in [0.1, 0.15) is 18.0 Å². The monoisotopic (exact) mass is 258 g/mol. The van der Waals surface area contributed by atoms with E-state index in [2.05, 4.69) is 25.7 Å². The number of pyridine rings is 1. The first-order valence-corrected chi connectivity index (χ1v) is 4.86. The van der Waals surface area contributed by atoms with Crippen LogP contribution >= 0.6 is 15.9 Å². The van der Waals surface area contributed by atoms with Crippen molar-refractivity contribution >= 4 is 21.9 Å². The van der Waals surface area contributed by atoms with E-state index in [4.69, 9.17) is 5.73 Å². The number of esters is 1. The Labute approximate surface area is 90.6 Å². The Balaban J connectivity index is 2.65. The highest BCUT2D eigenvalue weighted by Gasteiger charge is 2.11. The standard InChI is InChI=1S/C9H11BrN2O2/c1-14-9(13)4-7(11)6-2-3-8(10)12-5-6/h2-3,5,7H,4,11H2,1H3. The maximum atomic E-state index is 10.9. The molecule has 1 rings (SSSR count). The average Bonchev–Trinajstić information content (AvgIpc) is 2.18. The van der Waals surface area contributed by atoms with Gasteiger partial charge in [0.1, 0.15) is 4.60 Å². The van der Waals surface area contributed by atoms with Crippen LogP contribution in [0, 0.1) is 0 Å². The minimum absolute atomic E-state index is 0.166. The van der Waals surface area contributed by atoms with Crippen LogP contribution < -0.4 is 5.73 Å². The van der Waals surface area contributed by atoms with E-state index in [9.17, 15) is 4.79 Å². The van der Waals surface area contributed by atoms with Crippen LogP contribution in [0.4, 0.5) is 0 Å². The number of carbonyl (C=O) groups excluding carboxylic acids is 1. The molecule has 14 heavy (non-hydrogen) atoms. The maximum Gasteiger partial charge on any atom is 0.307 e. The second kappa shape index (κ2) is 5.07. The first-order valence-electron chi connectivity index (χ1n) is 4.07. The number of methoxy groups -OCH3 is 1. The molecule has 1 aromatic heterocycles. The van der Waals surface area contributed by atoms with Gasteiger partial charge in [0, 0.05) is 12.2 Å². The van der Waals surface area contributed by atoms with Crippen molar-refractivity contribution in [3.8, 4) is 0 Å². The third kappa shape index (κ3) is 3.08. The van der Waals surface area contributed by atoms with E-state index in [1.807, 2.05) is 6.07 Å². The summed E-state index contributed by atoms with van der Waals surface area (Å²) >= 11 is 3.22. The lowest BCUT2D eigenvalue weighted by molar-refractivity contribution is -0.141. The summed E-state index contributed by atoms with van der Waals surface area (Å²) in [5, 5.41) is 0. The molecular weight excluding hydrogens is 248 g/mol. The summed E-state index contributed by atoms with van der Waals surface area (Å²) in [5.74, 6) is -0.319. The Morgan fingerprint density at radius 2 is 2.43 bits per heavy atom. The fourth-order valence-corrected chi connectivity index (χ4v) is 1.22. The molecule has 0 spiro atoms. The second-order valence-electron chi connectivity index (χ2n) is 2.80. The van der Waals surface area contributed by atoms with Gasteiger partial charge in [0.05, 0.1) is 13.5 Å². The number of nitrogens with zero attached hydrogens (tertiary/aromatic N) is 1. The fraction of sp³-hybridized carbons (Fsp3) is 0.333. The molecule has 0 aliphatic heterocycles. The van der Waals surface area contributed by atoms with E-state index >= 15 is 0 Å². The number of halogens is 1. The topological polar surface area (TPSA) is 65.2 Å². The predicted molar refractivity (Wildman–Crippen MR) is 55.5 cm³/mol. The van der Waals surface area contributed by atoms with Gasteiger partial charge in [-0.25, -0.2) is 4.98 Å². The number of nitrogens with two attached hydrogens (primary N) is 1. The normalized spacial score (nSPS) is 12.2. The summed E-state index contributed by atoms with van der Waals surface area (Å²) in [7, 11) is 1.34. The van der Waals surface area contributed by atoms with Gasteiger partial charge in [-0.3, -0.25) is 4.79 Å². The van der Waals surface area contributed by atoms with Crippen LogP contribution in [0.3, 0.4) is 0 Å². The van der Waals surface area contributed by atoms with E-state index in [0.29, 0.717) is 0 Å². The Morgan fingerprint density at radius 1 is 1.71 bits per heavy atom. The van der Waals surface area contributed by atoms with Crippen molar-refractivity contribution in [1.29, 1.82) is 0 Å². The average molecular weight is 259 g/mol. The largest absolute Gasteiger partial charge is 0.469 e. The molecule has 0 aliphatic rings. The third-order valence-electron chi connectivity index (χ3n) is 1.79. The van der Waals surface area contributed by atoms with Crippen LogP contribution in [0.15, 0.2) is 22.9 Å². The van der Waals surface area contributed by atoms with Crippen molar-refractivity contribution in [3.05, 3.63) is 28.5 Å². The van der Waals surface area contributed by atoms with Crippen molar-refractivity contribution < 1.29 is 9.53 Å². The van der Waals surface area contributed by atoms with Gasteiger partial charge in [-0.2, -0.15) is 0 Å². The molecule has 0 bridgehead atoms. The highest BCUT2D eigenvalue weighted by molar-refractivity contribution is 9.10. The Kier molecular flexibility index (Phi) is 4.03. The van der Waals surface area contributed by atoms with Crippen LogP contribution in [0.2, 0.25) is 0 Å². The summed E-state index contributed by atoms with van der Waals surface area (Å²) in [4.78, 5) is 14.9. The Morgan fingerprint density at radius 3 is 2.93 bits per heavy atom. The number of rotatable bonds is 3. The lowest BCUT2D eigenvalue weighted by Gasteiger charge is -2.09. The first kappa shape index (κ1) is 11.1. The quantitative estimate of drug-likeness (QED) is 0.658. The molecule has 1 heterocycles.